The van der Waals surface area contributed by atoms with Crippen molar-refractivity contribution in [3.8, 4) is 0 Å². The van der Waals surface area contributed by atoms with Crippen LogP contribution in [0.3, 0.4) is 0 Å². The molecule has 0 bridgehead atoms. The molecule has 7 heteroatoms. The SMILES string of the molecule is Cc1cc(/C(=C\N(C)C)C(=O)[C@@H]2CCCN(C(=O)OC(C)(C)C)C2)on1. The highest BCUT2D eigenvalue weighted by molar-refractivity contribution is 6.21. The first-order valence-corrected chi connectivity index (χ1v) is 8.91. The van der Waals surface area contributed by atoms with Gasteiger partial charge >= 0.3 is 6.09 Å². The van der Waals surface area contributed by atoms with E-state index in [1.807, 2.05) is 41.8 Å². The third-order valence-electron chi connectivity index (χ3n) is 3.99. The Kier molecular flexibility index (Phi) is 6.10. The minimum absolute atomic E-state index is 0.0388. The number of ketones is 1. The standard InChI is InChI=1S/C19H29N3O4/c1-13-10-16(26-20-13)15(12-21(5)6)17(23)14-8-7-9-22(11-14)18(24)25-19(2,3)4/h10,12,14H,7-9,11H2,1-6H3/b15-12+/t14-/m1/s1. The number of aromatic nitrogens is 1. The molecule has 0 N–H and O–H groups in total. The minimum atomic E-state index is -0.554. The van der Waals surface area contributed by atoms with Crippen molar-refractivity contribution < 1.29 is 18.8 Å². The predicted octanol–water partition coefficient (Wildman–Crippen LogP) is 3.10. The number of allylic oxidation sites excluding steroid dienone is 1. The van der Waals surface area contributed by atoms with Crippen molar-refractivity contribution in [3.05, 3.63) is 23.7 Å². The van der Waals surface area contributed by atoms with Crippen molar-refractivity contribution in [2.75, 3.05) is 27.2 Å². The fraction of sp³-hybridized carbons (Fsp3) is 0.632. The Hall–Kier alpha value is -2.31. The van der Waals surface area contributed by atoms with Crippen LogP contribution in [0.1, 0.15) is 45.1 Å². The molecule has 1 atom stereocenters. The average Bonchev–Trinajstić information content (AvgIpc) is 2.96. The molecule has 1 fully saturated rings. The first kappa shape index (κ1) is 20.0. The quantitative estimate of drug-likeness (QED) is 0.765. The van der Waals surface area contributed by atoms with Crippen LogP contribution in [0.25, 0.3) is 5.57 Å². The number of hydrogen-bond acceptors (Lipinski definition) is 6. The third kappa shape index (κ3) is 5.34. The Labute approximate surface area is 154 Å². The number of rotatable bonds is 4. The van der Waals surface area contributed by atoms with Crippen LogP contribution in [-0.4, -0.2) is 59.6 Å². The van der Waals surface area contributed by atoms with E-state index >= 15 is 0 Å². The van der Waals surface area contributed by atoms with Gasteiger partial charge in [-0.2, -0.15) is 0 Å². The lowest BCUT2D eigenvalue weighted by Crippen LogP contribution is -2.44. The van der Waals surface area contributed by atoms with E-state index in [-0.39, 0.29) is 17.8 Å². The van der Waals surface area contributed by atoms with Crippen molar-refractivity contribution in [2.45, 2.75) is 46.1 Å². The molecule has 1 aromatic heterocycles. The molecular formula is C19H29N3O4. The van der Waals surface area contributed by atoms with Crippen molar-refractivity contribution in [1.29, 1.82) is 0 Å². The Balaban J connectivity index is 2.17. The highest BCUT2D eigenvalue weighted by Crippen LogP contribution is 2.27. The molecule has 7 nitrogen and oxygen atoms in total. The van der Waals surface area contributed by atoms with Crippen LogP contribution in [0.5, 0.6) is 0 Å². The second-order valence-electron chi connectivity index (χ2n) is 7.97. The predicted molar refractivity (Wildman–Crippen MR) is 98.4 cm³/mol. The van der Waals surface area contributed by atoms with E-state index in [1.54, 1.807) is 22.1 Å². The van der Waals surface area contributed by atoms with Gasteiger partial charge in [0.15, 0.2) is 11.5 Å². The smallest absolute Gasteiger partial charge is 0.410 e. The van der Waals surface area contributed by atoms with Crippen LogP contribution < -0.4 is 0 Å². The Bertz CT molecular complexity index is 685. The van der Waals surface area contributed by atoms with Gasteiger partial charge in [0.25, 0.3) is 0 Å². The normalized spacial score (nSPS) is 18.6. The van der Waals surface area contributed by atoms with E-state index in [9.17, 15) is 9.59 Å². The lowest BCUT2D eigenvalue weighted by atomic mass is 9.89. The van der Waals surface area contributed by atoms with Crippen LogP contribution in [0.4, 0.5) is 4.79 Å². The van der Waals surface area contributed by atoms with Gasteiger partial charge in [-0.1, -0.05) is 5.16 Å². The van der Waals surface area contributed by atoms with Gasteiger partial charge in [0.1, 0.15) is 5.60 Å². The summed E-state index contributed by atoms with van der Waals surface area (Å²) in [4.78, 5) is 28.9. The molecule has 1 aliphatic rings. The number of piperidine rings is 1. The average molecular weight is 363 g/mol. The summed E-state index contributed by atoms with van der Waals surface area (Å²) in [6.07, 6.45) is 2.87. The summed E-state index contributed by atoms with van der Waals surface area (Å²) in [5.74, 6) is 0.131. The largest absolute Gasteiger partial charge is 0.444 e. The Morgan fingerprint density at radius 1 is 1.38 bits per heavy atom. The topological polar surface area (TPSA) is 75.9 Å². The first-order valence-electron chi connectivity index (χ1n) is 8.91. The lowest BCUT2D eigenvalue weighted by Gasteiger charge is -2.33. The van der Waals surface area contributed by atoms with Gasteiger partial charge in [0, 0.05) is 45.4 Å². The highest BCUT2D eigenvalue weighted by Gasteiger charge is 2.33. The summed E-state index contributed by atoms with van der Waals surface area (Å²) in [7, 11) is 3.70. The Morgan fingerprint density at radius 2 is 2.08 bits per heavy atom. The van der Waals surface area contributed by atoms with Gasteiger partial charge in [-0.15, -0.1) is 0 Å². The molecule has 1 aliphatic heterocycles. The van der Waals surface area contributed by atoms with Gasteiger partial charge in [0.05, 0.1) is 11.3 Å². The van der Waals surface area contributed by atoms with Crippen LogP contribution in [0.2, 0.25) is 0 Å². The van der Waals surface area contributed by atoms with Gasteiger partial charge in [-0.25, -0.2) is 4.79 Å². The number of carbonyl (C=O) groups excluding carboxylic acids is 2. The number of carbonyl (C=O) groups is 2. The van der Waals surface area contributed by atoms with Crippen molar-refractivity contribution in [2.24, 2.45) is 5.92 Å². The maximum Gasteiger partial charge on any atom is 0.410 e. The molecule has 0 aromatic carbocycles. The van der Waals surface area contributed by atoms with Crippen LogP contribution in [0.15, 0.2) is 16.8 Å². The summed E-state index contributed by atoms with van der Waals surface area (Å²) in [6.45, 7) is 8.28. The van der Waals surface area contributed by atoms with E-state index in [4.69, 9.17) is 9.26 Å². The fourth-order valence-electron chi connectivity index (χ4n) is 2.90. The summed E-state index contributed by atoms with van der Waals surface area (Å²) in [5, 5.41) is 3.88. The fourth-order valence-corrected chi connectivity index (χ4v) is 2.90. The molecule has 144 valence electrons. The number of ether oxygens (including phenoxy) is 1. The number of Topliss-reactive ketones (excluding diaryl/α,β-unsaturated/α-hetero) is 1. The molecule has 0 spiro atoms. The molecule has 2 rings (SSSR count). The molecule has 2 heterocycles. The number of hydrogen-bond donors (Lipinski definition) is 0. The molecule has 0 saturated carbocycles. The lowest BCUT2D eigenvalue weighted by molar-refractivity contribution is -0.118. The van der Waals surface area contributed by atoms with Crippen LogP contribution >= 0.6 is 0 Å². The summed E-state index contributed by atoms with van der Waals surface area (Å²) < 4.78 is 10.8. The molecule has 1 saturated heterocycles. The third-order valence-corrected chi connectivity index (χ3v) is 3.99. The van der Waals surface area contributed by atoms with Gasteiger partial charge < -0.3 is 19.1 Å². The molecule has 1 aromatic rings. The van der Waals surface area contributed by atoms with Crippen molar-refractivity contribution in [3.63, 3.8) is 0 Å². The van der Waals surface area contributed by atoms with Crippen LogP contribution in [-0.2, 0) is 9.53 Å². The van der Waals surface area contributed by atoms with Crippen LogP contribution in [0, 0.1) is 12.8 Å². The van der Waals surface area contributed by atoms with E-state index in [0.717, 1.165) is 18.5 Å². The maximum absolute atomic E-state index is 13.1. The molecule has 0 unspecified atom stereocenters. The minimum Gasteiger partial charge on any atom is -0.444 e. The molecule has 0 aliphatic carbocycles. The van der Waals surface area contributed by atoms with E-state index < -0.39 is 5.60 Å². The van der Waals surface area contributed by atoms with Crippen molar-refractivity contribution in [1.82, 2.24) is 15.0 Å². The van der Waals surface area contributed by atoms with Crippen molar-refractivity contribution >= 4 is 17.4 Å². The van der Waals surface area contributed by atoms with Gasteiger partial charge in [0.2, 0.25) is 0 Å². The zero-order chi connectivity index (χ0) is 19.5. The molecule has 26 heavy (non-hydrogen) atoms. The van der Waals surface area contributed by atoms with E-state index in [0.29, 0.717) is 24.4 Å². The zero-order valence-electron chi connectivity index (χ0n) is 16.5. The van der Waals surface area contributed by atoms with E-state index in [2.05, 4.69) is 5.16 Å². The second-order valence-corrected chi connectivity index (χ2v) is 7.97. The first-order chi connectivity index (χ1) is 12.1. The summed E-state index contributed by atoms with van der Waals surface area (Å²) in [5.41, 5.74) is 0.643. The zero-order valence-corrected chi connectivity index (χ0v) is 16.5. The second kappa shape index (κ2) is 7.93. The number of nitrogens with zero attached hydrogens (tertiary/aromatic N) is 3. The Morgan fingerprint density at radius 3 is 2.62 bits per heavy atom. The van der Waals surface area contributed by atoms with Gasteiger partial charge in [-0.05, 0) is 40.5 Å². The maximum atomic E-state index is 13.1. The molecular weight excluding hydrogens is 334 g/mol. The number of amides is 1. The molecule has 1 amide bonds. The van der Waals surface area contributed by atoms with E-state index in [1.165, 1.54) is 0 Å². The number of likely N-dealkylation sites (tertiary alicyclic amines) is 1. The summed E-state index contributed by atoms with van der Waals surface area (Å²) >= 11 is 0. The highest BCUT2D eigenvalue weighted by atomic mass is 16.6. The monoisotopic (exact) mass is 363 g/mol. The number of aryl methyl sites for hydroxylation is 1. The molecule has 0 radical (unpaired) electrons. The van der Waals surface area contributed by atoms with Gasteiger partial charge in [-0.3, -0.25) is 4.79 Å². The summed E-state index contributed by atoms with van der Waals surface area (Å²) in [6, 6.07) is 1.75.